The van der Waals surface area contributed by atoms with Crippen LogP contribution in [0.4, 0.5) is 17.3 Å². The SMILES string of the molecule is CCCCOC[C@H]1O[C@@H](Nc2ncnc(N=[N+]=[N-])c2N)[C@](C)(N=[N+]=[N-])[C@H](OCCCC)[C@@H](OCCCC)[C@@H]1OCCCC. The summed E-state index contributed by atoms with van der Waals surface area (Å²) in [6.45, 7) is 12.2. The van der Waals surface area contributed by atoms with E-state index in [2.05, 4.69) is 63.0 Å². The molecule has 0 spiro atoms. The monoisotopic (exact) mass is 606 g/mol. The van der Waals surface area contributed by atoms with Crippen molar-refractivity contribution < 1.29 is 23.7 Å². The Morgan fingerprint density at radius 1 is 0.907 bits per heavy atom. The standard InChI is InChI=1S/C28H50N10O5/c1-6-10-14-39-18-20-22(40-15-11-7-2)23(41-16-12-8-3)24(42-17-13-9-4)28(5,36-38-31)27(43-20)34-25-21(29)26(35-37-30)33-19-32-25/h19-20,22-24,27H,6-18,29H2,1-5H3,(H,32,33,34)/t20-,22-,23+,24-,27-,28-/m1/s1. The molecule has 1 saturated heterocycles. The van der Waals surface area contributed by atoms with E-state index in [-0.39, 0.29) is 23.9 Å². The fraction of sp³-hybridized carbons (Fsp3) is 0.857. The smallest absolute Gasteiger partial charge is 0.155 e. The summed E-state index contributed by atoms with van der Waals surface area (Å²) < 4.78 is 32.4. The highest BCUT2D eigenvalue weighted by Crippen LogP contribution is 2.39. The van der Waals surface area contributed by atoms with E-state index in [0.29, 0.717) is 26.4 Å². The highest BCUT2D eigenvalue weighted by atomic mass is 16.6. The van der Waals surface area contributed by atoms with Crippen molar-refractivity contribution >= 4 is 17.3 Å². The summed E-state index contributed by atoms with van der Waals surface area (Å²) >= 11 is 0. The molecule has 0 bridgehead atoms. The Hall–Kier alpha value is -2.90. The molecule has 1 aliphatic heterocycles. The average Bonchev–Trinajstić information content (AvgIpc) is 3.07. The summed E-state index contributed by atoms with van der Waals surface area (Å²) in [7, 11) is 0. The molecule has 15 nitrogen and oxygen atoms in total. The van der Waals surface area contributed by atoms with Crippen molar-refractivity contribution in [2.24, 2.45) is 10.2 Å². The molecule has 1 fully saturated rings. The number of rotatable bonds is 21. The van der Waals surface area contributed by atoms with E-state index in [1.807, 2.05) is 0 Å². The van der Waals surface area contributed by atoms with Crippen LogP contribution in [0.15, 0.2) is 16.6 Å². The molecule has 2 rings (SSSR count). The zero-order valence-corrected chi connectivity index (χ0v) is 26.4. The van der Waals surface area contributed by atoms with Crippen molar-refractivity contribution in [1.29, 1.82) is 0 Å². The number of hydrogen-bond donors (Lipinski definition) is 2. The van der Waals surface area contributed by atoms with Crippen LogP contribution in [-0.4, -0.2) is 79.2 Å². The van der Waals surface area contributed by atoms with Gasteiger partial charge in [0.1, 0.15) is 48.2 Å². The molecule has 242 valence electrons. The number of hydrogen-bond acceptors (Lipinski definition) is 11. The van der Waals surface area contributed by atoms with Crippen molar-refractivity contribution in [2.75, 3.05) is 44.1 Å². The molecule has 0 aliphatic carbocycles. The van der Waals surface area contributed by atoms with Crippen LogP contribution in [0.5, 0.6) is 0 Å². The zero-order chi connectivity index (χ0) is 31.5. The fourth-order valence-electron chi connectivity index (χ4n) is 4.70. The fourth-order valence-corrected chi connectivity index (χ4v) is 4.70. The molecular weight excluding hydrogens is 556 g/mol. The molecule has 6 atom stereocenters. The second kappa shape index (κ2) is 20.1. The lowest BCUT2D eigenvalue weighted by atomic mass is 9.87. The van der Waals surface area contributed by atoms with Gasteiger partial charge in [-0.25, -0.2) is 9.97 Å². The molecule has 0 unspecified atom stereocenters. The topological polar surface area (TPSA) is 207 Å². The first-order valence-electron chi connectivity index (χ1n) is 15.5. The summed E-state index contributed by atoms with van der Waals surface area (Å²) in [6.07, 6.45) is 4.68. The lowest BCUT2D eigenvalue weighted by Gasteiger charge is -2.41. The Bertz CT molecular complexity index is 1040. The number of aromatic nitrogens is 2. The van der Waals surface area contributed by atoms with Crippen LogP contribution in [0.25, 0.3) is 20.9 Å². The van der Waals surface area contributed by atoms with Gasteiger partial charge in [-0.1, -0.05) is 58.5 Å². The highest BCUT2D eigenvalue weighted by Gasteiger charge is 2.55. The third-order valence-corrected chi connectivity index (χ3v) is 7.27. The molecule has 43 heavy (non-hydrogen) atoms. The Morgan fingerprint density at radius 3 is 2.12 bits per heavy atom. The normalized spacial score (nSPS) is 25.4. The zero-order valence-electron chi connectivity index (χ0n) is 26.4. The first-order valence-corrected chi connectivity index (χ1v) is 15.5. The summed E-state index contributed by atoms with van der Waals surface area (Å²) in [5, 5.41) is 11.0. The van der Waals surface area contributed by atoms with Crippen LogP contribution in [0.3, 0.4) is 0 Å². The molecule has 0 saturated carbocycles. The quantitative estimate of drug-likeness (QED) is 0.0669. The van der Waals surface area contributed by atoms with E-state index < -0.39 is 36.2 Å². The van der Waals surface area contributed by atoms with Gasteiger partial charge in [-0.2, -0.15) is 0 Å². The van der Waals surface area contributed by atoms with Gasteiger partial charge in [-0.05, 0) is 48.8 Å². The van der Waals surface area contributed by atoms with Gasteiger partial charge < -0.3 is 34.7 Å². The van der Waals surface area contributed by atoms with Gasteiger partial charge in [-0.15, -0.1) is 0 Å². The summed E-state index contributed by atoms with van der Waals surface area (Å²) in [5.74, 6) is 0.101. The van der Waals surface area contributed by atoms with E-state index in [1.54, 1.807) is 6.92 Å². The molecule has 1 aromatic rings. The molecule has 1 aromatic heterocycles. The van der Waals surface area contributed by atoms with Crippen molar-refractivity contribution in [3.63, 3.8) is 0 Å². The molecule has 0 radical (unpaired) electrons. The molecule has 15 heteroatoms. The first kappa shape index (κ1) is 36.3. The Labute approximate surface area is 254 Å². The second-order valence-electron chi connectivity index (χ2n) is 10.7. The van der Waals surface area contributed by atoms with E-state index in [1.165, 1.54) is 6.33 Å². The van der Waals surface area contributed by atoms with Crippen molar-refractivity contribution in [1.82, 2.24) is 9.97 Å². The van der Waals surface area contributed by atoms with Gasteiger partial charge in [0, 0.05) is 36.3 Å². The van der Waals surface area contributed by atoms with E-state index in [9.17, 15) is 5.53 Å². The minimum atomic E-state index is -1.38. The summed E-state index contributed by atoms with van der Waals surface area (Å²) in [5.41, 5.74) is 23.7. The Kier molecular flexibility index (Phi) is 17.0. The lowest BCUT2D eigenvalue weighted by molar-refractivity contribution is -0.172. The molecular formula is C28H50N10O5. The van der Waals surface area contributed by atoms with E-state index in [4.69, 9.17) is 34.9 Å². The third-order valence-electron chi connectivity index (χ3n) is 7.27. The lowest BCUT2D eigenvalue weighted by Crippen LogP contribution is -2.58. The molecule has 0 aromatic carbocycles. The largest absolute Gasteiger partial charge is 0.394 e. The maximum Gasteiger partial charge on any atom is 0.155 e. The molecule has 1 aliphatic rings. The van der Waals surface area contributed by atoms with Crippen molar-refractivity contribution in [3.8, 4) is 0 Å². The van der Waals surface area contributed by atoms with Crippen LogP contribution < -0.4 is 11.1 Å². The summed E-state index contributed by atoms with van der Waals surface area (Å²) in [6, 6.07) is 0. The van der Waals surface area contributed by atoms with Gasteiger partial charge in [0.2, 0.25) is 0 Å². The van der Waals surface area contributed by atoms with Crippen LogP contribution in [0.2, 0.25) is 0 Å². The van der Waals surface area contributed by atoms with Crippen LogP contribution >= 0.6 is 0 Å². The van der Waals surface area contributed by atoms with Gasteiger partial charge >= 0.3 is 0 Å². The number of unbranched alkanes of at least 4 members (excludes halogenated alkanes) is 4. The Morgan fingerprint density at radius 2 is 1.51 bits per heavy atom. The summed E-state index contributed by atoms with van der Waals surface area (Å²) in [4.78, 5) is 14.2. The molecule has 3 N–H and O–H groups in total. The van der Waals surface area contributed by atoms with Crippen LogP contribution in [0.1, 0.15) is 86.0 Å². The minimum Gasteiger partial charge on any atom is -0.394 e. The highest BCUT2D eigenvalue weighted by molar-refractivity contribution is 5.72. The maximum atomic E-state index is 9.84. The molecule has 2 heterocycles. The van der Waals surface area contributed by atoms with Gasteiger partial charge in [0.15, 0.2) is 11.6 Å². The van der Waals surface area contributed by atoms with Gasteiger partial charge in [-0.3, -0.25) is 0 Å². The predicted octanol–water partition coefficient (Wildman–Crippen LogP) is 6.58. The van der Waals surface area contributed by atoms with Gasteiger partial charge in [0.25, 0.3) is 0 Å². The van der Waals surface area contributed by atoms with Crippen LogP contribution in [0, 0.1) is 0 Å². The number of nitrogens with two attached hydrogens (primary N) is 1. The number of azide groups is 2. The van der Waals surface area contributed by atoms with Crippen molar-refractivity contribution in [2.45, 2.75) is 122 Å². The predicted molar refractivity (Wildman–Crippen MR) is 165 cm³/mol. The number of ether oxygens (including phenoxy) is 5. The average molecular weight is 607 g/mol. The van der Waals surface area contributed by atoms with Crippen molar-refractivity contribution in [3.05, 3.63) is 27.2 Å². The van der Waals surface area contributed by atoms with E-state index in [0.717, 1.165) is 51.4 Å². The first-order chi connectivity index (χ1) is 20.9. The van der Waals surface area contributed by atoms with E-state index >= 15 is 0 Å². The number of anilines is 2. The Balaban J connectivity index is 2.70. The minimum absolute atomic E-state index is 0.0159. The number of nitrogen functional groups attached to an aromatic ring is 1. The number of nitrogens with zero attached hydrogens (tertiary/aromatic N) is 8. The third kappa shape index (κ3) is 10.6. The van der Waals surface area contributed by atoms with Crippen LogP contribution in [-0.2, 0) is 23.7 Å². The number of nitrogens with one attached hydrogen (secondary N) is 1. The van der Waals surface area contributed by atoms with Gasteiger partial charge in [0.05, 0.1) is 6.61 Å². The second-order valence-corrected chi connectivity index (χ2v) is 10.7. The maximum absolute atomic E-state index is 9.84. The molecule has 0 amide bonds.